The van der Waals surface area contributed by atoms with E-state index in [9.17, 15) is 13.2 Å². The first-order valence-corrected chi connectivity index (χ1v) is 9.15. The standard InChI is InChI=1S/C20H23F3N4O2/c1-28-18-5-3-2-4-17(18)27-11-10-14(13-27)12-25-19(24)26-15-6-8-16(9-7-15)29-20(21,22)23/h2-9,14H,10-13H2,1H3,(H3,24,25,26). The average molecular weight is 408 g/mol. The number of guanidine groups is 1. The predicted octanol–water partition coefficient (Wildman–Crippen LogP) is 3.85. The maximum Gasteiger partial charge on any atom is 0.573 e. The van der Waals surface area contributed by atoms with E-state index in [1.165, 1.54) is 24.3 Å². The fourth-order valence-electron chi connectivity index (χ4n) is 3.25. The molecule has 0 saturated carbocycles. The van der Waals surface area contributed by atoms with Gasteiger partial charge in [-0.1, -0.05) is 12.1 Å². The third kappa shape index (κ3) is 5.94. The Morgan fingerprint density at radius 3 is 2.62 bits per heavy atom. The molecular formula is C20H23F3N4O2. The van der Waals surface area contributed by atoms with Crippen LogP contribution in [0, 0.1) is 5.92 Å². The Morgan fingerprint density at radius 2 is 1.93 bits per heavy atom. The minimum Gasteiger partial charge on any atom is -0.495 e. The Labute approximate surface area is 167 Å². The van der Waals surface area contributed by atoms with E-state index < -0.39 is 6.36 Å². The molecule has 6 nitrogen and oxygen atoms in total. The van der Waals surface area contributed by atoms with E-state index in [0.29, 0.717) is 18.2 Å². The number of methoxy groups -OCH3 is 1. The number of para-hydroxylation sites is 2. The van der Waals surface area contributed by atoms with Gasteiger partial charge in [0.15, 0.2) is 5.96 Å². The van der Waals surface area contributed by atoms with Crippen LogP contribution in [-0.2, 0) is 0 Å². The molecule has 156 valence electrons. The zero-order valence-electron chi connectivity index (χ0n) is 15.9. The average Bonchev–Trinajstić information content (AvgIpc) is 3.16. The largest absolute Gasteiger partial charge is 0.573 e. The summed E-state index contributed by atoms with van der Waals surface area (Å²) in [6, 6.07) is 13.2. The van der Waals surface area contributed by atoms with Crippen molar-refractivity contribution in [1.82, 2.24) is 0 Å². The molecule has 2 aromatic rings. The Kier molecular flexibility index (Phi) is 6.36. The van der Waals surface area contributed by atoms with Gasteiger partial charge in [0.25, 0.3) is 0 Å². The maximum atomic E-state index is 12.2. The first-order chi connectivity index (χ1) is 13.8. The van der Waals surface area contributed by atoms with Crippen LogP contribution in [0.1, 0.15) is 6.42 Å². The number of hydrogen-bond acceptors (Lipinski definition) is 4. The summed E-state index contributed by atoms with van der Waals surface area (Å²) in [6.45, 7) is 2.31. The lowest BCUT2D eigenvalue weighted by Gasteiger charge is -2.21. The Bertz CT molecular complexity index is 840. The van der Waals surface area contributed by atoms with Gasteiger partial charge >= 0.3 is 6.36 Å². The molecule has 1 fully saturated rings. The molecular weight excluding hydrogens is 385 g/mol. The van der Waals surface area contributed by atoms with Crippen LogP contribution in [0.25, 0.3) is 0 Å². The van der Waals surface area contributed by atoms with E-state index in [1.807, 2.05) is 24.3 Å². The van der Waals surface area contributed by atoms with Crippen LogP contribution in [0.5, 0.6) is 11.5 Å². The number of nitrogens with one attached hydrogen (secondary N) is 1. The fourth-order valence-corrected chi connectivity index (χ4v) is 3.25. The Balaban J connectivity index is 1.51. The van der Waals surface area contributed by atoms with E-state index >= 15 is 0 Å². The minimum atomic E-state index is -4.71. The summed E-state index contributed by atoms with van der Waals surface area (Å²) >= 11 is 0. The first-order valence-electron chi connectivity index (χ1n) is 9.15. The van der Waals surface area contributed by atoms with Crippen LogP contribution in [0.3, 0.4) is 0 Å². The molecule has 1 unspecified atom stereocenters. The second-order valence-corrected chi connectivity index (χ2v) is 6.70. The van der Waals surface area contributed by atoms with Crippen molar-refractivity contribution in [2.45, 2.75) is 12.8 Å². The van der Waals surface area contributed by atoms with Crippen molar-refractivity contribution in [2.75, 3.05) is 37.0 Å². The van der Waals surface area contributed by atoms with Gasteiger partial charge in [0.1, 0.15) is 11.5 Å². The fraction of sp³-hybridized carbons (Fsp3) is 0.350. The lowest BCUT2D eigenvalue weighted by atomic mass is 10.1. The van der Waals surface area contributed by atoms with Gasteiger partial charge in [-0.25, -0.2) is 0 Å². The van der Waals surface area contributed by atoms with Gasteiger partial charge in [-0.15, -0.1) is 13.2 Å². The van der Waals surface area contributed by atoms with Crippen molar-refractivity contribution in [2.24, 2.45) is 16.6 Å². The second-order valence-electron chi connectivity index (χ2n) is 6.70. The third-order valence-electron chi connectivity index (χ3n) is 4.59. The summed E-state index contributed by atoms with van der Waals surface area (Å²) in [6.07, 6.45) is -3.73. The van der Waals surface area contributed by atoms with E-state index in [-0.39, 0.29) is 11.7 Å². The molecule has 2 aromatic carbocycles. The highest BCUT2D eigenvalue weighted by molar-refractivity contribution is 5.92. The van der Waals surface area contributed by atoms with Crippen molar-refractivity contribution < 1.29 is 22.6 Å². The number of anilines is 2. The number of rotatable bonds is 6. The molecule has 3 N–H and O–H groups in total. The molecule has 0 spiro atoms. The molecule has 1 heterocycles. The van der Waals surface area contributed by atoms with Crippen LogP contribution in [0.4, 0.5) is 24.5 Å². The summed E-state index contributed by atoms with van der Waals surface area (Å²) in [5.41, 5.74) is 7.50. The zero-order valence-corrected chi connectivity index (χ0v) is 15.9. The van der Waals surface area contributed by atoms with Gasteiger partial charge in [0.2, 0.25) is 0 Å². The normalized spacial score (nSPS) is 17.3. The SMILES string of the molecule is COc1ccccc1N1CCC(CN=C(N)Nc2ccc(OC(F)(F)F)cc2)C1. The molecule has 0 radical (unpaired) electrons. The van der Waals surface area contributed by atoms with Crippen molar-refractivity contribution in [3.05, 3.63) is 48.5 Å². The summed E-state index contributed by atoms with van der Waals surface area (Å²) in [5, 5.41) is 2.87. The van der Waals surface area contributed by atoms with Crippen molar-refractivity contribution in [1.29, 1.82) is 0 Å². The van der Waals surface area contributed by atoms with Crippen molar-refractivity contribution in [3.8, 4) is 11.5 Å². The molecule has 3 rings (SSSR count). The molecule has 0 aliphatic carbocycles. The molecule has 1 aliphatic rings. The highest BCUT2D eigenvalue weighted by Gasteiger charge is 2.31. The quantitative estimate of drug-likeness (QED) is 0.561. The summed E-state index contributed by atoms with van der Waals surface area (Å²) in [5.74, 6) is 1.12. The molecule has 0 aromatic heterocycles. The smallest absolute Gasteiger partial charge is 0.495 e. The Hall–Kier alpha value is -3.10. The number of alkyl halides is 3. The molecule has 0 bridgehead atoms. The maximum absolute atomic E-state index is 12.2. The van der Waals surface area contributed by atoms with Gasteiger partial charge in [-0.3, -0.25) is 4.99 Å². The van der Waals surface area contributed by atoms with Gasteiger partial charge in [0, 0.05) is 25.3 Å². The summed E-state index contributed by atoms with van der Waals surface area (Å²) in [7, 11) is 1.66. The lowest BCUT2D eigenvalue weighted by molar-refractivity contribution is -0.274. The molecule has 29 heavy (non-hydrogen) atoms. The predicted molar refractivity (Wildman–Crippen MR) is 107 cm³/mol. The minimum absolute atomic E-state index is 0.213. The van der Waals surface area contributed by atoms with Gasteiger partial charge in [-0.05, 0) is 48.7 Å². The lowest BCUT2D eigenvalue weighted by Crippen LogP contribution is -2.25. The Morgan fingerprint density at radius 1 is 1.21 bits per heavy atom. The van der Waals surface area contributed by atoms with E-state index in [4.69, 9.17) is 10.5 Å². The highest BCUT2D eigenvalue weighted by Crippen LogP contribution is 2.32. The van der Waals surface area contributed by atoms with E-state index in [0.717, 1.165) is 30.9 Å². The van der Waals surface area contributed by atoms with Gasteiger partial charge < -0.3 is 25.4 Å². The molecule has 0 amide bonds. The van der Waals surface area contributed by atoms with Crippen LogP contribution in [0.2, 0.25) is 0 Å². The number of nitrogens with two attached hydrogens (primary N) is 1. The molecule has 9 heteroatoms. The van der Waals surface area contributed by atoms with Crippen LogP contribution >= 0.6 is 0 Å². The van der Waals surface area contributed by atoms with Crippen molar-refractivity contribution >= 4 is 17.3 Å². The van der Waals surface area contributed by atoms with E-state index in [2.05, 4.69) is 19.9 Å². The number of aliphatic imine (C=N–C) groups is 1. The monoisotopic (exact) mass is 408 g/mol. The highest BCUT2D eigenvalue weighted by atomic mass is 19.4. The molecule has 1 atom stereocenters. The molecule has 1 saturated heterocycles. The van der Waals surface area contributed by atoms with Crippen molar-refractivity contribution in [3.63, 3.8) is 0 Å². The second kappa shape index (κ2) is 8.93. The summed E-state index contributed by atoms with van der Waals surface area (Å²) in [4.78, 5) is 6.63. The van der Waals surface area contributed by atoms with Crippen LogP contribution in [0.15, 0.2) is 53.5 Å². The number of hydrogen-bond donors (Lipinski definition) is 2. The number of ether oxygens (including phenoxy) is 2. The number of benzene rings is 2. The van der Waals surface area contributed by atoms with Gasteiger partial charge in [0.05, 0.1) is 12.8 Å². The van der Waals surface area contributed by atoms with Crippen LogP contribution < -0.4 is 25.4 Å². The molecule has 1 aliphatic heterocycles. The van der Waals surface area contributed by atoms with E-state index in [1.54, 1.807) is 7.11 Å². The van der Waals surface area contributed by atoms with Crippen LogP contribution in [-0.4, -0.2) is 39.1 Å². The third-order valence-corrected chi connectivity index (χ3v) is 4.59. The van der Waals surface area contributed by atoms with Gasteiger partial charge in [-0.2, -0.15) is 0 Å². The first kappa shape index (κ1) is 20.6. The summed E-state index contributed by atoms with van der Waals surface area (Å²) < 4.78 is 45.8. The zero-order chi connectivity index (χ0) is 20.9. The number of halogens is 3. The topological polar surface area (TPSA) is 72.1 Å². The number of nitrogens with zero attached hydrogens (tertiary/aromatic N) is 2.